The fourth-order valence-electron chi connectivity index (χ4n) is 1.31. The maximum absolute atomic E-state index is 10.7. The minimum absolute atomic E-state index is 0.134. The average molecular weight is 331 g/mol. The molecule has 2 heterocycles. The van der Waals surface area contributed by atoms with Gasteiger partial charge >= 0.3 is 5.82 Å². The van der Waals surface area contributed by atoms with Gasteiger partial charge in [0.1, 0.15) is 11.0 Å². The second-order valence-electron chi connectivity index (χ2n) is 4.49. The van der Waals surface area contributed by atoms with Crippen LogP contribution in [0.3, 0.4) is 0 Å². The van der Waals surface area contributed by atoms with E-state index in [2.05, 4.69) is 31.2 Å². The number of rotatable bonds is 4. The van der Waals surface area contributed by atoms with Crippen LogP contribution in [0, 0.1) is 10.1 Å². The number of nitro groups is 1. The largest absolute Gasteiger partial charge is 0.404 e. The quantitative estimate of drug-likeness (QED) is 0.658. The lowest BCUT2D eigenvalue weighted by Gasteiger charge is -2.11. The van der Waals surface area contributed by atoms with Crippen molar-refractivity contribution in [1.82, 2.24) is 19.9 Å². The van der Waals surface area contributed by atoms with Crippen molar-refractivity contribution in [3.05, 3.63) is 32.5 Å². The van der Waals surface area contributed by atoms with Gasteiger partial charge in [-0.3, -0.25) is 0 Å². The summed E-state index contributed by atoms with van der Waals surface area (Å²) in [5.74, 6) is 0.375. The van der Waals surface area contributed by atoms with Crippen molar-refractivity contribution in [3.8, 4) is 0 Å². The minimum atomic E-state index is -0.710. The Morgan fingerprint density at radius 3 is 2.79 bits per heavy atom. The number of hydrogen-bond donors (Lipinski definition) is 1. The Bertz CT molecular complexity index is 614. The zero-order valence-corrected chi connectivity index (χ0v) is 11.8. The normalized spacial score (nSPS) is 11.8. The molecular weight excluding hydrogens is 320 g/mol. The summed E-state index contributed by atoms with van der Waals surface area (Å²) in [5.41, 5.74) is 5.12. The standard InChI is InChI=1S/C9H11BrN6O3/c1-9(2,11)8-12-6(19-14-8)4-15-3-5(10)7(13-15)16(17)18/h3H,4,11H2,1-2H3. The Morgan fingerprint density at radius 2 is 2.32 bits per heavy atom. The van der Waals surface area contributed by atoms with Gasteiger partial charge in [0.2, 0.25) is 0 Å². The van der Waals surface area contributed by atoms with Crippen LogP contribution in [0.5, 0.6) is 0 Å². The van der Waals surface area contributed by atoms with Crippen LogP contribution in [0.15, 0.2) is 15.2 Å². The van der Waals surface area contributed by atoms with Gasteiger partial charge in [-0.25, -0.2) is 0 Å². The van der Waals surface area contributed by atoms with E-state index in [-0.39, 0.29) is 22.7 Å². The van der Waals surface area contributed by atoms with Gasteiger partial charge in [-0.1, -0.05) is 5.16 Å². The Balaban J connectivity index is 2.20. The van der Waals surface area contributed by atoms with E-state index in [0.717, 1.165) is 0 Å². The molecule has 0 spiro atoms. The first-order chi connectivity index (χ1) is 8.77. The molecule has 0 aliphatic carbocycles. The predicted octanol–water partition coefficient (Wildman–Crippen LogP) is 1.18. The first-order valence-electron chi connectivity index (χ1n) is 5.26. The molecule has 2 rings (SSSR count). The second kappa shape index (κ2) is 4.70. The highest BCUT2D eigenvalue weighted by Gasteiger charge is 2.23. The number of aromatic nitrogens is 4. The summed E-state index contributed by atoms with van der Waals surface area (Å²) in [6, 6.07) is 0. The Kier molecular flexibility index (Phi) is 3.37. The molecule has 0 bridgehead atoms. The van der Waals surface area contributed by atoms with Gasteiger partial charge in [0.15, 0.2) is 5.82 Å². The monoisotopic (exact) mass is 330 g/mol. The Morgan fingerprint density at radius 1 is 1.63 bits per heavy atom. The minimum Gasteiger partial charge on any atom is -0.358 e. The number of halogens is 1. The van der Waals surface area contributed by atoms with Crippen molar-refractivity contribution >= 4 is 21.7 Å². The van der Waals surface area contributed by atoms with Crippen molar-refractivity contribution in [3.63, 3.8) is 0 Å². The molecule has 10 heteroatoms. The number of nitrogens with two attached hydrogens (primary N) is 1. The maximum atomic E-state index is 10.7. The average Bonchev–Trinajstić information content (AvgIpc) is 2.85. The fourth-order valence-corrected chi connectivity index (χ4v) is 1.77. The molecule has 102 valence electrons. The fraction of sp³-hybridized carbons (Fsp3) is 0.444. The molecule has 0 saturated carbocycles. The molecule has 0 radical (unpaired) electrons. The first kappa shape index (κ1) is 13.6. The summed E-state index contributed by atoms with van der Waals surface area (Å²) in [5, 5.41) is 18.2. The van der Waals surface area contributed by atoms with E-state index in [1.165, 1.54) is 10.9 Å². The van der Waals surface area contributed by atoms with Gasteiger partial charge in [0.25, 0.3) is 5.89 Å². The van der Waals surface area contributed by atoms with Gasteiger partial charge in [0, 0.05) is 0 Å². The van der Waals surface area contributed by atoms with E-state index in [4.69, 9.17) is 10.3 Å². The molecule has 19 heavy (non-hydrogen) atoms. The zero-order chi connectivity index (χ0) is 14.2. The van der Waals surface area contributed by atoms with Gasteiger partial charge in [-0.2, -0.15) is 9.67 Å². The highest BCUT2D eigenvalue weighted by Crippen LogP contribution is 2.22. The summed E-state index contributed by atoms with van der Waals surface area (Å²) in [7, 11) is 0. The summed E-state index contributed by atoms with van der Waals surface area (Å²) in [4.78, 5) is 14.2. The molecule has 0 amide bonds. The van der Waals surface area contributed by atoms with E-state index in [0.29, 0.717) is 5.82 Å². The second-order valence-corrected chi connectivity index (χ2v) is 5.34. The van der Waals surface area contributed by atoms with Gasteiger partial charge in [-0.15, -0.1) is 0 Å². The SMILES string of the molecule is CC(C)(N)c1noc(Cn2cc(Br)c([N+](=O)[O-])n2)n1. The van der Waals surface area contributed by atoms with Crippen LogP contribution < -0.4 is 5.73 Å². The van der Waals surface area contributed by atoms with Gasteiger partial charge in [-0.05, 0) is 34.7 Å². The third-order valence-electron chi connectivity index (χ3n) is 2.21. The molecule has 0 aromatic carbocycles. The van der Waals surface area contributed by atoms with Gasteiger partial charge < -0.3 is 20.4 Å². The molecule has 0 aliphatic heterocycles. The Hall–Kier alpha value is -1.81. The van der Waals surface area contributed by atoms with E-state index >= 15 is 0 Å². The number of hydrogen-bond acceptors (Lipinski definition) is 7. The van der Waals surface area contributed by atoms with Crippen LogP contribution >= 0.6 is 15.9 Å². The van der Waals surface area contributed by atoms with E-state index in [9.17, 15) is 10.1 Å². The smallest absolute Gasteiger partial charge is 0.358 e. The van der Waals surface area contributed by atoms with Crippen LogP contribution in [0.2, 0.25) is 0 Å². The molecule has 0 fully saturated rings. The lowest BCUT2D eigenvalue weighted by atomic mass is 10.1. The van der Waals surface area contributed by atoms with Gasteiger partial charge in [0.05, 0.1) is 16.8 Å². The molecule has 2 aromatic rings. The van der Waals surface area contributed by atoms with Crippen molar-refractivity contribution in [2.45, 2.75) is 25.9 Å². The molecule has 2 N–H and O–H groups in total. The van der Waals surface area contributed by atoms with E-state index < -0.39 is 10.5 Å². The molecular formula is C9H11BrN6O3. The summed E-state index contributed by atoms with van der Waals surface area (Å²) < 4.78 is 6.64. The first-order valence-corrected chi connectivity index (χ1v) is 6.06. The highest BCUT2D eigenvalue weighted by atomic mass is 79.9. The topological polar surface area (TPSA) is 126 Å². The van der Waals surface area contributed by atoms with Crippen molar-refractivity contribution in [2.24, 2.45) is 5.73 Å². The number of nitrogens with zero attached hydrogens (tertiary/aromatic N) is 5. The van der Waals surface area contributed by atoms with Crippen LogP contribution in [-0.4, -0.2) is 24.8 Å². The lowest BCUT2D eigenvalue weighted by Crippen LogP contribution is -2.30. The van der Waals surface area contributed by atoms with Crippen molar-refractivity contribution in [2.75, 3.05) is 0 Å². The third kappa shape index (κ3) is 2.96. The molecule has 0 saturated heterocycles. The van der Waals surface area contributed by atoms with Crippen LogP contribution in [-0.2, 0) is 12.1 Å². The molecule has 0 unspecified atom stereocenters. The van der Waals surface area contributed by atoms with E-state index in [1.807, 2.05) is 0 Å². The molecule has 2 aromatic heterocycles. The molecule has 0 aliphatic rings. The van der Waals surface area contributed by atoms with Crippen LogP contribution in [0.1, 0.15) is 25.6 Å². The summed E-state index contributed by atoms with van der Waals surface area (Å²) in [6.07, 6.45) is 1.47. The molecule has 0 atom stereocenters. The Labute approximate surface area is 116 Å². The lowest BCUT2D eigenvalue weighted by molar-refractivity contribution is -0.390. The van der Waals surface area contributed by atoms with Crippen molar-refractivity contribution in [1.29, 1.82) is 0 Å². The van der Waals surface area contributed by atoms with Crippen LogP contribution in [0.25, 0.3) is 0 Å². The van der Waals surface area contributed by atoms with E-state index in [1.54, 1.807) is 13.8 Å². The van der Waals surface area contributed by atoms with Crippen LogP contribution in [0.4, 0.5) is 5.82 Å². The highest BCUT2D eigenvalue weighted by molar-refractivity contribution is 9.10. The maximum Gasteiger partial charge on any atom is 0.404 e. The molecule has 9 nitrogen and oxygen atoms in total. The predicted molar refractivity (Wildman–Crippen MR) is 67.2 cm³/mol. The van der Waals surface area contributed by atoms with Crippen molar-refractivity contribution < 1.29 is 9.45 Å². The third-order valence-corrected chi connectivity index (χ3v) is 2.77. The summed E-state index contributed by atoms with van der Waals surface area (Å²) >= 11 is 3.06. The summed E-state index contributed by atoms with van der Waals surface area (Å²) in [6.45, 7) is 3.63. The zero-order valence-electron chi connectivity index (χ0n) is 10.2.